The number of hydrogen-bond donors (Lipinski definition) is 2. The maximum absolute atomic E-state index is 11.1. The molecule has 0 aliphatic heterocycles. The van der Waals surface area contributed by atoms with Gasteiger partial charge in [-0.25, -0.2) is 0 Å². The van der Waals surface area contributed by atoms with E-state index in [4.69, 9.17) is 22.4 Å². The molecule has 4 heteroatoms. The van der Waals surface area contributed by atoms with E-state index in [0.717, 1.165) is 24.8 Å². The van der Waals surface area contributed by atoms with Crippen molar-refractivity contribution in [1.82, 2.24) is 0 Å². The summed E-state index contributed by atoms with van der Waals surface area (Å²) in [7, 11) is 0. The molecular weight excluding hydrogens is 214 g/mol. The number of aryl methyl sites for hydroxylation is 1. The van der Waals surface area contributed by atoms with E-state index in [1.165, 1.54) is 0 Å². The second-order valence-corrected chi connectivity index (χ2v) is 3.78. The lowest BCUT2D eigenvalue weighted by molar-refractivity contribution is 0.0999. The Morgan fingerprint density at radius 1 is 1.40 bits per heavy atom. The van der Waals surface area contributed by atoms with Crippen molar-refractivity contribution in [1.29, 1.82) is 0 Å². The molecule has 0 heterocycles. The standard InChI is InChI=1S/C11H14ClNO2/c12-9-5-4-8(3-1-2-6-14)10(7-9)11(13)15/h4-5,7,14H,1-3,6H2,(H2,13,15). The van der Waals surface area contributed by atoms with E-state index >= 15 is 0 Å². The molecule has 3 nitrogen and oxygen atoms in total. The van der Waals surface area contributed by atoms with Crippen LogP contribution in [0.5, 0.6) is 0 Å². The molecular formula is C11H14ClNO2. The Balaban J connectivity index is 2.81. The first kappa shape index (κ1) is 12.0. The molecule has 1 amide bonds. The van der Waals surface area contributed by atoms with E-state index < -0.39 is 5.91 Å². The van der Waals surface area contributed by atoms with E-state index in [0.29, 0.717) is 10.6 Å². The van der Waals surface area contributed by atoms with Crippen LogP contribution in [-0.4, -0.2) is 17.6 Å². The van der Waals surface area contributed by atoms with Gasteiger partial charge >= 0.3 is 0 Å². The average molecular weight is 228 g/mol. The third-order valence-electron chi connectivity index (χ3n) is 2.19. The van der Waals surface area contributed by atoms with Crippen LogP contribution in [0, 0.1) is 0 Å². The Morgan fingerprint density at radius 3 is 2.73 bits per heavy atom. The summed E-state index contributed by atoms with van der Waals surface area (Å²) >= 11 is 5.77. The van der Waals surface area contributed by atoms with Crippen molar-refractivity contribution >= 4 is 17.5 Å². The molecule has 0 unspecified atom stereocenters. The van der Waals surface area contributed by atoms with Gasteiger partial charge < -0.3 is 10.8 Å². The molecule has 1 aromatic carbocycles. The van der Waals surface area contributed by atoms with Crippen molar-refractivity contribution in [2.45, 2.75) is 19.3 Å². The monoisotopic (exact) mass is 227 g/mol. The third kappa shape index (κ3) is 3.53. The van der Waals surface area contributed by atoms with Crippen molar-refractivity contribution in [3.8, 4) is 0 Å². The highest BCUT2D eigenvalue weighted by atomic mass is 35.5. The summed E-state index contributed by atoms with van der Waals surface area (Å²) in [6, 6.07) is 5.13. The Labute approximate surface area is 93.9 Å². The summed E-state index contributed by atoms with van der Waals surface area (Å²) in [6.07, 6.45) is 2.29. The number of carbonyl (C=O) groups is 1. The summed E-state index contributed by atoms with van der Waals surface area (Å²) < 4.78 is 0. The van der Waals surface area contributed by atoms with Gasteiger partial charge in [0.1, 0.15) is 0 Å². The van der Waals surface area contributed by atoms with Gasteiger partial charge in [-0.2, -0.15) is 0 Å². The Hall–Kier alpha value is -1.06. The van der Waals surface area contributed by atoms with Crippen molar-refractivity contribution in [3.63, 3.8) is 0 Å². The fraction of sp³-hybridized carbons (Fsp3) is 0.364. The van der Waals surface area contributed by atoms with Crippen LogP contribution in [0.3, 0.4) is 0 Å². The summed E-state index contributed by atoms with van der Waals surface area (Å²) in [5.74, 6) is -0.462. The van der Waals surface area contributed by atoms with E-state index in [1.807, 2.05) is 0 Å². The molecule has 0 fully saturated rings. The fourth-order valence-corrected chi connectivity index (χ4v) is 1.60. The number of rotatable bonds is 5. The lowest BCUT2D eigenvalue weighted by Crippen LogP contribution is -2.13. The molecule has 15 heavy (non-hydrogen) atoms. The van der Waals surface area contributed by atoms with Gasteiger partial charge in [0.05, 0.1) is 0 Å². The van der Waals surface area contributed by atoms with Gasteiger partial charge in [0.25, 0.3) is 0 Å². The largest absolute Gasteiger partial charge is 0.396 e. The molecule has 0 spiro atoms. The highest BCUT2D eigenvalue weighted by molar-refractivity contribution is 6.31. The predicted octanol–water partition coefficient (Wildman–Crippen LogP) is 1.75. The highest BCUT2D eigenvalue weighted by Crippen LogP contribution is 2.17. The zero-order valence-electron chi connectivity index (χ0n) is 8.37. The smallest absolute Gasteiger partial charge is 0.249 e. The third-order valence-corrected chi connectivity index (χ3v) is 2.43. The molecule has 0 aromatic heterocycles. The van der Waals surface area contributed by atoms with Gasteiger partial charge in [0, 0.05) is 17.2 Å². The first-order valence-electron chi connectivity index (χ1n) is 4.84. The van der Waals surface area contributed by atoms with Crippen LogP contribution >= 0.6 is 11.6 Å². The quantitative estimate of drug-likeness (QED) is 0.753. The molecule has 1 rings (SSSR count). The fourth-order valence-electron chi connectivity index (χ4n) is 1.42. The molecule has 0 atom stereocenters. The molecule has 3 N–H and O–H groups in total. The number of aliphatic hydroxyl groups is 1. The van der Waals surface area contributed by atoms with Gasteiger partial charge in [0.15, 0.2) is 0 Å². The average Bonchev–Trinajstić information content (AvgIpc) is 2.20. The van der Waals surface area contributed by atoms with Crippen LogP contribution < -0.4 is 5.73 Å². The summed E-state index contributed by atoms with van der Waals surface area (Å²) in [5.41, 5.74) is 6.60. The number of unbranched alkanes of at least 4 members (excludes halogenated alkanes) is 1. The first-order chi connectivity index (χ1) is 7.15. The molecule has 0 saturated heterocycles. The number of halogens is 1. The zero-order valence-corrected chi connectivity index (χ0v) is 9.13. The lowest BCUT2D eigenvalue weighted by Gasteiger charge is -2.06. The van der Waals surface area contributed by atoms with Gasteiger partial charge in [-0.15, -0.1) is 0 Å². The van der Waals surface area contributed by atoms with Crippen LogP contribution in [0.1, 0.15) is 28.8 Å². The normalized spacial score (nSPS) is 10.3. The number of carbonyl (C=O) groups excluding carboxylic acids is 1. The van der Waals surface area contributed by atoms with E-state index in [9.17, 15) is 4.79 Å². The van der Waals surface area contributed by atoms with Crippen LogP contribution in [-0.2, 0) is 6.42 Å². The molecule has 0 radical (unpaired) electrons. The van der Waals surface area contributed by atoms with Gasteiger partial charge in [-0.1, -0.05) is 17.7 Å². The Morgan fingerprint density at radius 2 is 2.13 bits per heavy atom. The first-order valence-corrected chi connectivity index (χ1v) is 5.22. The van der Waals surface area contributed by atoms with Gasteiger partial charge in [0.2, 0.25) is 5.91 Å². The maximum Gasteiger partial charge on any atom is 0.249 e. The SMILES string of the molecule is NC(=O)c1cc(Cl)ccc1CCCCO. The van der Waals surface area contributed by atoms with Crippen LogP contribution in [0.25, 0.3) is 0 Å². The minimum atomic E-state index is -0.462. The number of nitrogens with two attached hydrogens (primary N) is 1. The summed E-state index contributed by atoms with van der Waals surface area (Å²) in [5, 5.41) is 9.16. The minimum absolute atomic E-state index is 0.166. The van der Waals surface area contributed by atoms with Crippen LogP contribution in [0.2, 0.25) is 5.02 Å². The van der Waals surface area contributed by atoms with Gasteiger partial charge in [-0.05, 0) is 37.0 Å². The van der Waals surface area contributed by atoms with E-state index in [1.54, 1.807) is 18.2 Å². The zero-order chi connectivity index (χ0) is 11.3. The Kier molecular flexibility index (Phi) is 4.59. The van der Waals surface area contributed by atoms with E-state index in [2.05, 4.69) is 0 Å². The second kappa shape index (κ2) is 5.73. The summed E-state index contributed by atoms with van der Waals surface area (Å²) in [4.78, 5) is 11.1. The van der Waals surface area contributed by atoms with Crippen LogP contribution in [0.4, 0.5) is 0 Å². The Bertz CT molecular complexity index is 352. The lowest BCUT2D eigenvalue weighted by atomic mass is 10.0. The number of benzene rings is 1. The molecule has 1 aromatic rings. The van der Waals surface area contributed by atoms with E-state index in [-0.39, 0.29) is 6.61 Å². The minimum Gasteiger partial charge on any atom is -0.396 e. The maximum atomic E-state index is 11.1. The second-order valence-electron chi connectivity index (χ2n) is 3.35. The van der Waals surface area contributed by atoms with Crippen molar-refractivity contribution < 1.29 is 9.90 Å². The van der Waals surface area contributed by atoms with Gasteiger partial charge in [-0.3, -0.25) is 4.79 Å². The number of hydrogen-bond acceptors (Lipinski definition) is 2. The number of aliphatic hydroxyl groups excluding tert-OH is 1. The predicted molar refractivity (Wildman–Crippen MR) is 60.0 cm³/mol. The topological polar surface area (TPSA) is 63.3 Å². The van der Waals surface area contributed by atoms with Crippen molar-refractivity contribution in [2.75, 3.05) is 6.61 Å². The summed E-state index contributed by atoms with van der Waals surface area (Å²) in [6.45, 7) is 0.166. The highest BCUT2D eigenvalue weighted by Gasteiger charge is 2.08. The molecule has 0 aliphatic carbocycles. The van der Waals surface area contributed by atoms with Crippen molar-refractivity contribution in [3.05, 3.63) is 34.3 Å². The molecule has 0 saturated carbocycles. The number of amides is 1. The molecule has 0 aliphatic rings. The number of primary amides is 1. The molecule has 0 bridgehead atoms. The molecule has 82 valence electrons. The van der Waals surface area contributed by atoms with Crippen molar-refractivity contribution in [2.24, 2.45) is 5.73 Å². The van der Waals surface area contributed by atoms with Crippen LogP contribution in [0.15, 0.2) is 18.2 Å².